The number of aromatic nitrogens is 5. The molecule has 8 nitrogen and oxygen atoms in total. The topological polar surface area (TPSA) is 77.5 Å². The van der Waals surface area contributed by atoms with E-state index in [4.69, 9.17) is 4.74 Å². The van der Waals surface area contributed by atoms with Crippen molar-refractivity contribution in [1.82, 2.24) is 29.3 Å². The molecule has 1 atom stereocenters. The number of morpholine rings is 1. The molecule has 4 aromatic heterocycles. The smallest absolute Gasteiger partial charge is 0.270 e. The van der Waals surface area contributed by atoms with Crippen LogP contribution in [-0.4, -0.2) is 54.9 Å². The minimum absolute atomic E-state index is 0.00208. The summed E-state index contributed by atoms with van der Waals surface area (Å²) in [5.41, 5.74) is 4.38. The molecule has 1 aliphatic rings. The van der Waals surface area contributed by atoms with Crippen molar-refractivity contribution in [2.45, 2.75) is 6.10 Å². The van der Waals surface area contributed by atoms with Crippen molar-refractivity contribution < 1.29 is 9.53 Å². The molecule has 1 fully saturated rings. The summed E-state index contributed by atoms with van der Waals surface area (Å²) in [6.07, 6.45) is 7.04. The summed E-state index contributed by atoms with van der Waals surface area (Å²) in [6.45, 7) is 1.48. The molecule has 5 rings (SSSR count). The Hall–Kier alpha value is -3.52. The number of nitrogens with zero attached hydrogens (tertiary/aromatic N) is 6. The Labute approximate surface area is 167 Å². The molecular formula is C21H20N6O2. The van der Waals surface area contributed by atoms with Gasteiger partial charge in [0.25, 0.3) is 5.91 Å². The maximum Gasteiger partial charge on any atom is 0.270 e. The van der Waals surface area contributed by atoms with E-state index in [0.29, 0.717) is 25.4 Å². The van der Waals surface area contributed by atoms with Crippen LogP contribution < -0.4 is 0 Å². The SMILES string of the molecule is Cn1cccc1C(=O)N1CCO[C@H](c2nnn3cc(-c4ccncc4)ccc23)C1. The van der Waals surface area contributed by atoms with Crippen molar-refractivity contribution in [3.63, 3.8) is 0 Å². The van der Waals surface area contributed by atoms with Crippen molar-refractivity contribution in [2.75, 3.05) is 19.7 Å². The Kier molecular flexibility index (Phi) is 4.33. The average molecular weight is 388 g/mol. The predicted molar refractivity (Wildman–Crippen MR) is 106 cm³/mol. The van der Waals surface area contributed by atoms with Crippen LogP contribution in [0.2, 0.25) is 0 Å². The molecule has 0 radical (unpaired) electrons. The lowest BCUT2D eigenvalue weighted by Gasteiger charge is -2.32. The summed E-state index contributed by atoms with van der Waals surface area (Å²) in [5, 5.41) is 8.64. The third-order valence-corrected chi connectivity index (χ3v) is 5.28. The van der Waals surface area contributed by atoms with Crippen LogP contribution in [0.4, 0.5) is 0 Å². The van der Waals surface area contributed by atoms with Crippen molar-refractivity contribution in [2.24, 2.45) is 7.05 Å². The summed E-state index contributed by atoms with van der Waals surface area (Å²) >= 11 is 0. The minimum Gasteiger partial charge on any atom is -0.368 e. The van der Waals surface area contributed by atoms with Gasteiger partial charge in [0.1, 0.15) is 17.5 Å². The van der Waals surface area contributed by atoms with Gasteiger partial charge in [0.15, 0.2) is 0 Å². The number of pyridine rings is 2. The van der Waals surface area contributed by atoms with E-state index in [1.165, 1.54) is 0 Å². The summed E-state index contributed by atoms with van der Waals surface area (Å²) in [4.78, 5) is 18.7. The molecule has 0 N–H and O–H groups in total. The number of carbonyl (C=O) groups excluding carboxylic acids is 1. The van der Waals surface area contributed by atoms with Crippen molar-refractivity contribution in [3.05, 3.63) is 72.6 Å². The minimum atomic E-state index is -0.308. The highest BCUT2D eigenvalue weighted by atomic mass is 16.5. The van der Waals surface area contributed by atoms with E-state index in [1.54, 1.807) is 16.9 Å². The highest BCUT2D eigenvalue weighted by Gasteiger charge is 2.30. The highest BCUT2D eigenvalue weighted by molar-refractivity contribution is 5.92. The second-order valence-electron chi connectivity index (χ2n) is 7.07. The first kappa shape index (κ1) is 17.6. The first-order valence-electron chi connectivity index (χ1n) is 9.48. The van der Waals surface area contributed by atoms with Crippen molar-refractivity contribution in [1.29, 1.82) is 0 Å². The maximum atomic E-state index is 12.9. The van der Waals surface area contributed by atoms with Gasteiger partial charge in [-0.1, -0.05) is 11.3 Å². The zero-order valence-electron chi connectivity index (χ0n) is 16.0. The molecule has 29 heavy (non-hydrogen) atoms. The van der Waals surface area contributed by atoms with Crippen LogP contribution in [0.5, 0.6) is 0 Å². The number of hydrogen-bond acceptors (Lipinski definition) is 5. The largest absolute Gasteiger partial charge is 0.368 e. The fraction of sp³-hybridized carbons (Fsp3) is 0.238. The van der Waals surface area contributed by atoms with Gasteiger partial charge >= 0.3 is 0 Å². The Morgan fingerprint density at radius 1 is 1.14 bits per heavy atom. The number of aryl methyl sites for hydroxylation is 1. The van der Waals surface area contributed by atoms with Crippen LogP contribution >= 0.6 is 0 Å². The Balaban J connectivity index is 1.42. The van der Waals surface area contributed by atoms with Crippen LogP contribution in [-0.2, 0) is 11.8 Å². The van der Waals surface area contributed by atoms with Gasteiger partial charge < -0.3 is 14.2 Å². The van der Waals surface area contributed by atoms with Crippen LogP contribution in [0.25, 0.3) is 16.6 Å². The van der Waals surface area contributed by atoms with Gasteiger partial charge in [-0.15, -0.1) is 5.10 Å². The number of ether oxygens (including phenoxy) is 1. The molecule has 1 saturated heterocycles. The average Bonchev–Trinajstić information content (AvgIpc) is 3.39. The predicted octanol–water partition coefficient (Wildman–Crippen LogP) is 2.34. The van der Waals surface area contributed by atoms with Gasteiger partial charge in [-0.3, -0.25) is 9.78 Å². The first-order valence-corrected chi connectivity index (χ1v) is 9.48. The van der Waals surface area contributed by atoms with E-state index >= 15 is 0 Å². The number of amides is 1. The zero-order valence-corrected chi connectivity index (χ0v) is 16.0. The third kappa shape index (κ3) is 3.17. The Morgan fingerprint density at radius 3 is 2.79 bits per heavy atom. The van der Waals surface area contributed by atoms with Gasteiger partial charge in [-0.25, -0.2) is 4.52 Å². The third-order valence-electron chi connectivity index (χ3n) is 5.28. The van der Waals surface area contributed by atoms with E-state index in [0.717, 1.165) is 22.3 Å². The highest BCUT2D eigenvalue weighted by Crippen LogP contribution is 2.27. The van der Waals surface area contributed by atoms with E-state index in [1.807, 2.05) is 65.3 Å². The quantitative estimate of drug-likeness (QED) is 0.538. The lowest BCUT2D eigenvalue weighted by Crippen LogP contribution is -2.43. The van der Waals surface area contributed by atoms with Crippen LogP contribution in [0.1, 0.15) is 22.3 Å². The number of fused-ring (bicyclic) bond motifs is 1. The summed E-state index contributed by atoms with van der Waals surface area (Å²) < 4.78 is 9.54. The molecule has 8 heteroatoms. The molecule has 0 saturated carbocycles. The van der Waals surface area contributed by atoms with E-state index in [-0.39, 0.29) is 12.0 Å². The molecule has 0 unspecified atom stereocenters. The van der Waals surface area contributed by atoms with E-state index in [2.05, 4.69) is 15.3 Å². The standard InChI is InChI=1S/C21H20N6O2/c1-25-10-2-3-18(25)21(28)26-11-12-29-19(14-26)20-17-5-4-16(13-27(17)24-23-20)15-6-8-22-9-7-15/h2-10,13,19H,11-12,14H2,1H3/t19-/m0/s1. The van der Waals surface area contributed by atoms with Gasteiger partial charge in [-0.2, -0.15) is 0 Å². The first-order chi connectivity index (χ1) is 14.2. The fourth-order valence-corrected chi connectivity index (χ4v) is 3.70. The number of rotatable bonds is 3. The lowest BCUT2D eigenvalue weighted by molar-refractivity contribution is -0.0244. The van der Waals surface area contributed by atoms with E-state index in [9.17, 15) is 4.79 Å². The second kappa shape index (κ2) is 7.14. The second-order valence-corrected chi connectivity index (χ2v) is 7.07. The van der Waals surface area contributed by atoms with Crippen molar-refractivity contribution in [3.8, 4) is 11.1 Å². The number of carbonyl (C=O) groups is 1. The van der Waals surface area contributed by atoms with Crippen LogP contribution in [0, 0.1) is 0 Å². The monoisotopic (exact) mass is 388 g/mol. The molecule has 146 valence electrons. The summed E-state index contributed by atoms with van der Waals surface area (Å²) in [5.74, 6) is 0.00208. The summed E-state index contributed by atoms with van der Waals surface area (Å²) in [7, 11) is 1.87. The van der Waals surface area contributed by atoms with Crippen molar-refractivity contribution >= 4 is 11.4 Å². The molecule has 0 aliphatic carbocycles. The van der Waals surface area contributed by atoms with E-state index < -0.39 is 0 Å². The fourth-order valence-electron chi connectivity index (χ4n) is 3.70. The molecule has 0 spiro atoms. The van der Waals surface area contributed by atoms with Gasteiger partial charge in [0.2, 0.25) is 0 Å². The maximum absolute atomic E-state index is 12.9. The molecular weight excluding hydrogens is 368 g/mol. The van der Waals surface area contributed by atoms with Gasteiger partial charge in [0, 0.05) is 43.9 Å². The van der Waals surface area contributed by atoms with Crippen LogP contribution in [0.15, 0.2) is 61.2 Å². The van der Waals surface area contributed by atoms with Crippen LogP contribution in [0.3, 0.4) is 0 Å². The molecule has 1 amide bonds. The Morgan fingerprint density at radius 2 is 2.00 bits per heavy atom. The lowest BCUT2D eigenvalue weighted by atomic mass is 10.1. The normalized spacial score (nSPS) is 17.0. The molecule has 0 bridgehead atoms. The molecule has 5 heterocycles. The molecule has 4 aromatic rings. The molecule has 0 aromatic carbocycles. The van der Waals surface area contributed by atoms with Gasteiger partial charge in [-0.05, 0) is 35.9 Å². The zero-order chi connectivity index (χ0) is 19.8. The number of hydrogen-bond donors (Lipinski definition) is 0. The molecule has 1 aliphatic heterocycles. The summed E-state index contributed by atoms with van der Waals surface area (Å²) in [6, 6.07) is 11.6. The van der Waals surface area contributed by atoms with Gasteiger partial charge in [0.05, 0.1) is 18.7 Å². The Bertz CT molecular complexity index is 1170.